The summed E-state index contributed by atoms with van der Waals surface area (Å²) in [6, 6.07) is 4.19. The van der Waals surface area contributed by atoms with Gasteiger partial charge in [0.1, 0.15) is 11.9 Å². The van der Waals surface area contributed by atoms with E-state index in [0.717, 1.165) is 7.11 Å². The van der Waals surface area contributed by atoms with E-state index in [1.807, 2.05) is 0 Å². The Morgan fingerprint density at radius 1 is 1.26 bits per heavy atom. The molecule has 1 rings (SSSR count). The van der Waals surface area contributed by atoms with Crippen LogP contribution in [0.3, 0.4) is 0 Å². The summed E-state index contributed by atoms with van der Waals surface area (Å²) < 4.78 is 9.49. The summed E-state index contributed by atoms with van der Waals surface area (Å²) in [5.41, 5.74) is 5.38. The third-order valence-corrected chi connectivity index (χ3v) is 2.53. The Labute approximate surface area is 110 Å². The molecule has 0 aliphatic carbocycles. The van der Waals surface area contributed by atoms with Gasteiger partial charge in [0.05, 0.1) is 14.2 Å². The number of nitrogens with one attached hydrogen (secondary N) is 1. The number of carbonyl (C=O) groups excluding carboxylic acids is 2. The standard InChI is InChI=1S/C12H16N2O5/c1-18-8-5-3-7(4-6-8)10(15)9(11(16)19-2)14-12(13)17/h3-6,9-10,15H,1-2H3,(H3,13,14,17). The molecule has 1 aromatic carbocycles. The first kappa shape index (κ1) is 14.8. The van der Waals surface area contributed by atoms with Crippen molar-refractivity contribution in [2.75, 3.05) is 14.2 Å². The van der Waals surface area contributed by atoms with Gasteiger partial charge in [-0.2, -0.15) is 0 Å². The van der Waals surface area contributed by atoms with Crippen molar-refractivity contribution >= 4 is 12.0 Å². The lowest BCUT2D eigenvalue weighted by Gasteiger charge is -2.21. The lowest BCUT2D eigenvalue weighted by Crippen LogP contribution is -2.47. The fraction of sp³-hybridized carbons (Fsp3) is 0.333. The predicted molar refractivity (Wildman–Crippen MR) is 66.5 cm³/mol. The minimum Gasteiger partial charge on any atom is -0.497 e. The van der Waals surface area contributed by atoms with Gasteiger partial charge in [0.15, 0.2) is 6.04 Å². The third-order valence-electron chi connectivity index (χ3n) is 2.53. The highest BCUT2D eigenvalue weighted by Gasteiger charge is 2.30. The van der Waals surface area contributed by atoms with Crippen LogP contribution >= 0.6 is 0 Å². The molecule has 0 aromatic heterocycles. The molecule has 0 bridgehead atoms. The Hall–Kier alpha value is -2.28. The highest BCUT2D eigenvalue weighted by Crippen LogP contribution is 2.20. The van der Waals surface area contributed by atoms with Crippen LogP contribution in [0.5, 0.6) is 5.75 Å². The fourth-order valence-corrected chi connectivity index (χ4v) is 1.54. The number of amides is 2. The summed E-state index contributed by atoms with van der Waals surface area (Å²) in [5, 5.41) is 12.2. The fourth-order valence-electron chi connectivity index (χ4n) is 1.54. The number of benzene rings is 1. The number of aliphatic hydroxyl groups excluding tert-OH is 1. The van der Waals surface area contributed by atoms with Crippen LogP contribution in [-0.4, -0.2) is 37.4 Å². The van der Waals surface area contributed by atoms with Crippen LogP contribution in [-0.2, 0) is 9.53 Å². The topological polar surface area (TPSA) is 111 Å². The molecule has 7 nitrogen and oxygen atoms in total. The molecule has 0 spiro atoms. The molecule has 1 aromatic rings. The van der Waals surface area contributed by atoms with E-state index in [0.29, 0.717) is 11.3 Å². The number of hydrogen-bond acceptors (Lipinski definition) is 5. The zero-order valence-corrected chi connectivity index (χ0v) is 10.6. The van der Waals surface area contributed by atoms with Gasteiger partial charge >= 0.3 is 12.0 Å². The summed E-state index contributed by atoms with van der Waals surface area (Å²) >= 11 is 0. The second-order valence-corrected chi connectivity index (χ2v) is 3.73. The minimum atomic E-state index is -1.27. The monoisotopic (exact) mass is 268 g/mol. The van der Waals surface area contributed by atoms with Gasteiger partial charge in [-0.1, -0.05) is 12.1 Å². The van der Waals surface area contributed by atoms with E-state index >= 15 is 0 Å². The van der Waals surface area contributed by atoms with E-state index in [1.165, 1.54) is 7.11 Å². The van der Waals surface area contributed by atoms with Gasteiger partial charge < -0.3 is 25.6 Å². The molecule has 0 radical (unpaired) electrons. The summed E-state index contributed by atoms with van der Waals surface area (Å²) in [4.78, 5) is 22.3. The number of carbonyl (C=O) groups is 2. The summed E-state index contributed by atoms with van der Waals surface area (Å²) in [7, 11) is 2.66. The van der Waals surface area contributed by atoms with E-state index in [4.69, 9.17) is 10.5 Å². The first-order valence-corrected chi connectivity index (χ1v) is 5.45. The van der Waals surface area contributed by atoms with E-state index in [9.17, 15) is 14.7 Å². The number of ether oxygens (including phenoxy) is 2. The normalized spacial score (nSPS) is 13.2. The largest absolute Gasteiger partial charge is 0.497 e. The molecule has 0 fully saturated rings. The molecule has 19 heavy (non-hydrogen) atoms. The average Bonchev–Trinajstić information content (AvgIpc) is 2.43. The third kappa shape index (κ3) is 3.85. The second-order valence-electron chi connectivity index (χ2n) is 3.73. The van der Waals surface area contributed by atoms with Crippen molar-refractivity contribution in [1.82, 2.24) is 5.32 Å². The first-order chi connectivity index (χ1) is 8.99. The maximum atomic E-state index is 11.5. The molecule has 2 amide bonds. The minimum absolute atomic E-state index is 0.421. The van der Waals surface area contributed by atoms with Crippen LogP contribution in [0.25, 0.3) is 0 Å². The number of aliphatic hydroxyl groups is 1. The van der Waals surface area contributed by atoms with Crippen molar-refractivity contribution in [3.63, 3.8) is 0 Å². The van der Waals surface area contributed by atoms with Crippen LogP contribution < -0.4 is 15.8 Å². The second kappa shape index (κ2) is 6.60. The van der Waals surface area contributed by atoms with Gasteiger partial charge in [-0.05, 0) is 17.7 Å². The summed E-state index contributed by atoms with van der Waals surface area (Å²) in [6.45, 7) is 0. The zero-order valence-electron chi connectivity index (χ0n) is 10.6. The molecular formula is C12H16N2O5. The van der Waals surface area contributed by atoms with Crippen LogP contribution in [0.2, 0.25) is 0 Å². The SMILES string of the molecule is COC(=O)C(NC(N)=O)C(O)c1ccc(OC)cc1. The van der Waals surface area contributed by atoms with Gasteiger partial charge in [0, 0.05) is 0 Å². The Balaban J connectivity index is 2.93. The molecule has 2 atom stereocenters. The van der Waals surface area contributed by atoms with Gasteiger partial charge in [0.2, 0.25) is 0 Å². The number of primary amides is 1. The number of rotatable bonds is 5. The Morgan fingerprint density at radius 3 is 2.26 bits per heavy atom. The Bertz CT molecular complexity index is 446. The number of nitrogens with two attached hydrogens (primary N) is 1. The van der Waals surface area contributed by atoms with Crippen LogP contribution in [0.1, 0.15) is 11.7 Å². The van der Waals surface area contributed by atoms with E-state index in [-0.39, 0.29) is 0 Å². The Morgan fingerprint density at radius 2 is 1.84 bits per heavy atom. The summed E-state index contributed by atoms with van der Waals surface area (Å²) in [5.74, 6) is -0.185. The van der Waals surface area contributed by atoms with Crippen LogP contribution in [0.4, 0.5) is 4.79 Å². The van der Waals surface area contributed by atoms with Crippen molar-refractivity contribution in [3.05, 3.63) is 29.8 Å². The van der Waals surface area contributed by atoms with Gasteiger partial charge in [-0.25, -0.2) is 9.59 Å². The van der Waals surface area contributed by atoms with Crippen molar-refractivity contribution in [2.45, 2.75) is 12.1 Å². The average molecular weight is 268 g/mol. The molecule has 0 heterocycles. The van der Waals surface area contributed by atoms with Gasteiger partial charge in [0.25, 0.3) is 0 Å². The van der Waals surface area contributed by atoms with Gasteiger partial charge in [-0.15, -0.1) is 0 Å². The molecule has 104 valence electrons. The highest BCUT2D eigenvalue weighted by molar-refractivity contribution is 5.83. The van der Waals surface area contributed by atoms with E-state index in [2.05, 4.69) is 10.1 Å². The van der Waals surface area contributed by atoms with Crippen LogP contribution in [0, 0.1) is 0 Å². The van der Waals surface area contributed by atoms with Crippen molar-refractivity contribution in [3.8, 4) is 5.75 Å². The molecule has 4 N–H and O–H groups in total. The zero-order chi connectivity index (χ0) is 14.4. The lowest BCUT2D eigenvalue weighted by atomic mass is 10.0. The van der Waals surface area contributed by atoms with E-state index in [1.54, 1.807) is 24.3 Å². The molecular weight excluding hydrogens is 252 g/mol. The molecule has 0 saturated carbocycles. The smallest absolute Gasteiger partial charge is 0.331 e. The molecule has 0 aliphatic rings. The maximum Gasteiger partial charge on any atom is 0.331 e. The number of hydrogen-bond donors (Lipinski definition) is 3. The van der Waals surface area contributed by atoms with Crippen molar-refractivity contribution < 1.29 is 24.2 Å². The Kier molecular flexibility index (Phi) is 5.13. The summed E-state index contributed by atoms with van der Waals surface area (Å²) in [6.07, 6.45) is -1.27. The van der Waals surface area contributed by atoms with Crippen molar-refractivity contribution in [2.24, 2.45) is 5.73 Å². The highest BCUT2D eigenvalue weighted by atomic mass is 16.5. The predicted octanol–water partition coefficient (Wildman–Crippen LogP) is -0.0615. The number of esters is 1. The van der Waals surface area contributed by atoms with E-state index < -0.39 is 24.1 Å². The first-order valence-electron chi connectivity index (χ1n) is 5.45. The lowest BCUT2D eigenvalue weighted by molar-refractivity contribution is -0.145. The number of methoxy groups -OCH3 is 2. The van der Waals surface area contributed by atoms with Crippen molar-refractivity contribution in [1.29, 1.82) is 0 Å². The number of urea groups is 1. The van der Waals surface area contributed by atoms with Crippen LogP contribution in [0.15, 0.2) is 24.3 Å². The quantitative estimate of drug-likeness (QED) is 0.648. The van der Waals surface area contributed by atoms with Gasteiger partial charge in [-0.3, -0.25) is 0 Å². The molecule has 2 unspecified atom stereocenters. The molecule has 7 heteroatoms. The maximum absolute atomic E-state index is 11.5. The molecule has 0 aliphatic heterocycles. The molecule has 0 saturated heterocycles.